The van der Waals surface area contributed by atoms with Gasteiger partial charge < -0.3 is 29.2 Å². The van der Waals surface area contributed by atoms with Crippen LogP contribution in [0.25, 0.3) is 11.1 Å². The number of hydrogen-bond donors (Lipinski definition) is 1. The van der Waals surface area contributed by atoms with E-state index in [1.54, 1.807) is 39.5 Å². The molecule has 3 aromatic carbocycles. The van der Waals surface area contributed by atoms with E-state index in [0.29, 0.717) is 78.2 Å². The summed E-state index contributed by atoms with van der Waals surface area (Å²) in [4.78, 5) is 40.9. The highest BCUT2D eigenvalue weighted by molar-refractivity contribution is 5.96. The highest BCUT2D eigenvalue weighted by Gasteiger charge is 2.30. The quantitative estimate of drug-likeness (QED) is 0.492. The van der Waals surface area contributed by atoms with Gasteiger partial charge in [-0.1, -0.05) is 12.1 Å². The summed E-state index contributed by atoms with van der Waals surface area (Å²) in [5.74, 6) is 2.05. The Bertz CT molecular complexity index is 1390. The molecule has 1 fully saturated rings. The van der Waals surface area contributed by atoms with E-state index >= 15 is 0 Å². The zero-order chi connectivity index (χ0) is 25.4. The minimum atomic E-state index is -0.498. The van der Waals surface area contributed by atoms with Crippen molar-refractivity contribution in [3.63, 3.8) is 0 Å². The maximum absolute atomic E-state index is 12.6. The predicted molar refractivity (Wildman–Crippen MR) is 135 cm³/mol. The van der Waals surface area contributed by atoms with Crippen molar-refractivity contribution in [2.75, 3.05) is 64.3 Å². The molecule has 2 aliphatic heterocycles. The van der Waals surface area contributed by atoms with E-state index in [4.69, 9.17) is 18.9 Å². The van der Waals surface area contributed by atoms with Crippen LogP contribution in [0.2, 0.25) is 0 Å². The first-order valence-electron chi connectivity index (χ1n) is 11.6. The van der Waals surface area contributed by atoms with Crippen molar-refractivity contribution in [1.82, 2.24) is 4.90 Å². The van der Waals surface area contributed by atoms with E-state index in [2.05, 4.69) is 10.2 Å². The molecular weight excluding hydrogens is 466 g/mol. The topological polar surface area (TPSA) is 107 Å². The number of nitrogens with one attached hydrogen (secondary N) is 1. The van der Waals surface area contributed by atoms with Gasteiger partial charge in [-0.05, 0) is 23.8 Å². The molecule has 1 amide bonds. The van der Waals surface area contributed by atoms with Crippen LogP contribution >= 0.6 is 0 Å². The van der Waals surface area contributed by atoms with Crippen LogP contribution in [0.15, 0.2) is 39.9 Å². The van der Waals surface area contributed by atoms with Gasteiger partial charge >= 0.3 is 0 Å². The van der Waals surface area contributed by atoms with Gasteiger partial charge in [0.25, 0.3) is 5.91 Å². The van der Waals surface area contributed by atoms with Gasteiger partial charge in [-0.2, -0.15) is 0 Å². The average Bonchev–Trinajstić information content (AvgIpc) is 2.91. The van der Waals surface area contributed by atoms with Crippen LogP contribution in [-0.2, 0) is 11.3 Å². The Kier molecular flexibility index (Phi) is 6.27. The molecule has 2 aliphatic rings. The fourth-order valence-corrected chi connectivity index (χ4v) is 4.84. The monoisotopic (exact) mass is 493 g/mol. The number of amides is 1. The van der Waals surface area contributed by atoms with Crippen molar-refractivity contribution in [3.8, 4) is 34.1 Å². The van der Waals surface area contributed by atoms with Gasteiger partial charge in [0, 0.05) is 38.3 Å². The molecule has 0 spiro atoms. The second-order valence-electron chi connectivity index (χ2n) is 8.69. The second kappa shape index (κ2) is 9.54. The number of rotatable bonds is 7. The first-order valence-corrected chi connectivity index (χ1v) is 11.6. The van der Waals surface area contributed by atoms with Gasteiger partial charge in [-0.15, -0.1) is 0 Å². The van der Waals surface area contributed by atoms with Crippen molar-refractivity contribution < 1.29 is 23.7 Å². The molecular formula is C26H27N3O7. The molecule has 3 aromatic rings. The third-order valence-corrected chi connectivity index (χ3v) is 6.66. The molecule has 2 heterocycles. The van der Waals surface area contributed by atoms with Gasteiger partial charge in [0.2, 0.25) is 16.6 Å². The Morgan fingerprint density at radius 1 is 0.889 bits per heavy atom. The molecule has 5 rings (SSSR count). The van der Waals surface area contributed by atoms with Crippen molar-refractivity contribution in [2.24, 2.45) is 0 Å². The van der Waals surface area contributed by atoms with E-state index in [9.17, 15) is 14.4 Å². The summed E-state index contributed by atoms with van der Waals surface area (Å²) in [6.07, 6.45) is 0. The summed E-state index contributed by atoms with van der Waals surface area (Å²) in [6.45, 7) is 3.17. The number of hydrogen-bond acceptors (Lipinski definition) is 9. The van der Waals surface area contributed by atoms with Crippen molar-refractivity contribution in [1.29, 1.82) is 0 Å². The first-order chi connectivity index (χ1) is 17.4. The smallest absolute Gasteiger partial charge is 0.262 e. The maximum atomic E-state index is 12.6. The molecule has 188 valence electrons. The van der Waals surface area contributed by atoms with Crippen LogP contribution in [0, 0.1) is 0 Å². The minimum absolute atomic E-state index is 0.0813. The number of anilines is 2. The molecule has 36 heavy (non-hydrogen) atoms. The van der Waals surface area contributed by atoms with E-state index in [1.807, 2.05) is 17.0 Å². The van der Waals surface area contributed by atoms with Crippen molar-refractivity contribution >= 4 is 17.3 Å². The van der Waals surface area contributed by atoms with E-state index in [-0.39, 0.29) is 12.5 Å². The van der Waals surface area contributed by atoms with Crippen LogP contribution in [0.1, 0.15) is 5.56 Å². The highest BCUT2D eigenvalue weighted by Crippen LogP contribution is 2.40. The Balaban J connectivity index is 1.32. The molecule has 0 radical (unpaired) electrons. The van der Waals surface area contributed by atoms with Crippen LogP contribution < -0.4 is 40.0 Å². The summed E-state index contributed by atoms with van der Waals surface area (Å²) >= 11 is 0. The molecule has 0 bridgehead atoms. The number of fused-ring (bicyclic) bond motifs is 1. The Labute approximate surface area is 207 Å². The lowest BCUT2D eigenvalue weighted by atomic mass is 9.96. The van der Waals surface area contributed by atoms with Gasteiger partial charge in [0.05, 0.1) is 32.6 Å². The molecule has 0 aromatic heterocycles. The molecule has 1 N–H and O–H groups in total. The van der Waals surface area contributed by atoms with Gasteiger partial charge in [0.15, 0.2) is 18.1 Å². The number of carbonyl (C=O) groups excluding carboxylic acids is 1. The maximum Gasteiger partial charge on any atom is 0.262 e. The Morgan fingerprint density at radius 2 is 1.64 bits per heavy atom. The highest BCUT2D eigenvalue weighted by atomic mass is 16.5. The fourth-order valence-electron chi connectivity index (χ4n) is 4.84. The predicted octanol–water partition coefficient (Wildman–Crippen LogP) is 1.63. The zero-order valence-electron chi connectivity index (χ0n) is 20.4. The van der Waals surface area contributed by atoms with Crippen LogP contribution in [0.4, 0.5) is 11.4 Å². The summed E-state index contributed by atoms with van der Waals surface area (Å²) in [5, 5.41) is 2.73. The minimum Gasteiger partial charge on any atom is -0.493 e. The van der Waals surface area contributed by atoms with Crippen LogP contribution in [-0.4, -0.2) is 64.9 Å². The summed E-state index contributed by atoms with van der Waals surface area (Å²) in [5.41, 5.74) is 2.02. The number of methoxy groups -OCH3 is 3. The van der Waals surface area contributed by atoms with E-state index in [1.165, 1.54) is 0 Å². The van der Waals surface area contributed by atoms with Gasteiger partial charge in [-0.25, -0.2) is 0 Å². The third kappa shape index (κ3) is 4.03. The second-order valence-corrected chi connectivity index (χ2v) is 8.69. The van der Waals surface area contributed by atoms with Crippen molar-refractivity contribution in [2.45, 2.75) is 6.54 Å². The summed E-state index contributed by atoms with van der Waals surface area (Å²) in [6, 6.07) is 8.94. The molecule has 10 nitrogen and oxygen atoms in total. The number of benzene rings is 2. The Hall–Kier alpha value is -4.05. The molecule has 10 heteroatoms. The average molecular weight is 494 g/mol. The SMILES string of the molecule is COc1ccc(CN2CCN(c3c(-c4ccc5c(c4)OCC(=O)N5)c(=O)c3=O)CC2)c(OC)c1OC. The largest absolute Gasteiger partial charge is 0.493 e. The standard InChI is InChI=1S/C26H27N3O7/c1-33-18-7-5-16(25(34-2)26(18)35-3)13-28-8-10-29(11-9-28)22-21(23(31)24(22)32)15-4-6-17-19(12-15)36-14-20(30)27-17/h4-7,12H,8-11,13-14H2,1-3H3,(H,27,30). The van der Waals surface area contributed by atoms with Gasteiger partial charge in [0.1, 0.15) is 11.4 Å². The molecule has 0 saturated carbocycles. The first kappa shape index (κ1) is 23.7. The fraction of sp³-hybridized carbons (Fsp3) is 0.346. The number of nitrogens with zero attached hydrogens (tertiary/aromatic N) is 2. The third-order valence-electron chi connectivity index (χ3n) is 6.66. The van der Waals surface area contributed by atoms with Gasteiger partial charge in [-0.3, -0.25) is 19.3 Å². The molecule has 0 atom stereocenters. The Morgan fingerprint density at radius 3 is 2.33 bits per heavy atom. The normalized spacial score (nSPS) is 15.8. The zero-order valence-corrected chi connectivity index (χ0v) is 20.4. The number of ether oxygens (including phenoxy) is 4. The summed E-state index contributed by atoms with van der Waals surface area (Å²) in [7, 11) is 4.77. The molecule has 0 unspecified atom stereocenters. The molecule has 0 aliphatic carbocycles. The van der Waals surface area contributed by atoms with E-state index in [0.717, 1.165) is 5.56 Å². The number of carbonyl (C=O) groups is 1. The lowest BCUT2D eigenvalue weighted by molar-refractivity contribution is -0.118. The summed E-state index contributed by atoms with van der Waals surface area (Å²) < 4.78 is 21.9. The number of piperazine rings is 1. The molecule has 1 saturated heterocycles. The van der Waals surface area contributed by atoms with Crippen molar-refractivity contribution in [3.05, 3.63) is 56.3 Å². The van der Waals surface area contributed by atoms with E-state index < -0.39 is 10.9 Å². The lowest BCUT2D eigenvalue weighted by Gasteiger charge is -2.37. The van der Waals surface area contributed by atoms with Crippen LogP contribution in [0.3, 0.4) is 0 Å². The lowest BCUT2D eigenvalue weighted by Crippen LogP contribution is -2.51. The van der Waals surface area contributed by atoms with Crippen LogP contribution in [0.5, 0.6) is 23.0 Å².